The molecule has 1 aliphatic heterocycles. The Balaban J connectivity index is 1.98. The number of nitrogens with two attached hydrogens (primary N) is 1. The summed E-state index contributed by atoms with van der Waals surface area (Å²) in [6, 6.07) is 4.52. The molecule has 17 heavy (non-hydrogen) atoms. The van der Waals surface area contributed by atoms with E-state index in [9.17, 15) is 9.90 Å². The molecule has 1 aromatic rings. The molecule has 0 saturated carbocycles. The van der Waals surface area contributed by atoms with Crippen LogP contribution in [0.25, 0.3) is 0 Å². The molecule has 1 aromatic carbocycles. The van der Waals surface area contributed by atoms with E-state index in [1.165, 1.54) is 12.1 Å². The largest absolute Gasteiger partial charge is 0.545 e. The molecule has 5 heteroatoms. The minimum Gasteiger partial charge on any atom is -0.545 e. The summed E-state index contributed by atoms with van der Waals surface area (Å²) in [5.74, 6) is -1.22. The second-order valence-corrected chi connectivity index (χ2v) is 4.11. The maximum absolute atomic E-state index is 10.6. The molecule has 92 valence electrons. The molecule has 0 bridgehead atoms. The minimum atomic E-state index is -1.22. The molecule has 1 heterocycles. The smallest absolute Gasteiger partial charge is 0.0748 e. The van der Waals surface area contributed by atoms with Gasteiger partial charge in [0.25, 0.3) is 0 Å². The quantitative estimate of drug-likeness (QED) is 0.729. The zero-order valence-corrected chi connectivity index (χ0v) is 9.44. The minimum absolute atomic E-state index is 0.0881. The van der Waals surface area contributed by atoms with Crippen molar-refractivity contribution in [2.24, 2.45) is 0 Å². The fourth-order valence-corrected chi connectivity index (χ4v) is 1.88. The van der Waals surface area contributed by atoms with Crippen LogP contribution in [0.15, 0.2) is 18.2 Å². The van der Waals surface area contributed by atoms with Crippen molar-refractivity contribution in [3.05, 3.63) is 23.8 Å². The lowest BCUT2D eigenvalue weighted by Crippen LogP contribution is -2.23. The fourth-order valence-electron chi connectivity index (χ4n) is 1.88. The topological polar surface area (TPSA) is 87.4 Å². The van der Waals surface area contributed by atoms with Crippen molar-refractivity contribution >= 4 is 17.3 Å². The van der Waals surface area contributed by atoms with Crippen molar-refractivity contribution in [1.82, 2.24) is 0 Å². The van der Waals surface area contributed by atoms with Crippen molar-refractivity contribution in [3.8, 4) is 0 Å². The fraction of sp³-hybridized carbons (Fsp3) is 0.417. The number of carbonyl (C=O) groups is 1. The van der Waals surface area contributed by atoms with Gasteiger partial charge >= 0.3 is 0 Å². The van der Waals surface area contributed by atoms with Gasteiger partial charge in [0.1, 0.15) is 0 Å². The maximum Gasteiger partial charge on any atom is 0.0748 e. The predicted octanol–water partition coefficient (Wildman–Crippen LogP) is 0.223. The summed E-state index contributed by atoms with van der Waals surface area (Å²) in [5, 5.41) is 13.8. The first-order chi connectivity index (χ1) is 8.16. The normalized spacial score (nSPS) is 19.2. The SMILES string of the molecule is Nc1cc(C(=O)[O-])ccc1NC[C@@H]1CCCO1. The Bertz CT molecular complexity index is 414. The lowest BCUT2D eigenvalue weighted by molar-refractivity contribution is -0.255. The van der Waals surface area contributed by atoms with Gasteiger partial charge in [0, 0.05) is 13.2 Å². The highest BCUT2D eigenvalue weighted by molar-refractivity contribution is 5.88. The van der Waals surface area contributed by atoms with Crippen molar-refractivity contribution in [2.75, 3.05) is 24.2 Å². The van der Waals surface area contributed by atoms with Gasteiger partial charge in [-0.15, -0.1) is 0 Å². The molecule has 1 aliphatic rings. The standard InChI is InChI=1S/C12H16N2O3/c13-10-6-8(12(15)16)3-4-11(10)14-7-9-2-1-5-17-9/h3-4,6,9,14H,1-2,5,7,13H2,(H,15,16)/p-1/t9-/m0/s1. The van der Waals surface area contributed by atoms with Crippen molar-refractivity contribution in [1.29, 1.82) is 0 Å². The number of benzene rings is 1. The van der Waals surface area contributed by atoms with Gasteiger partial charge in [-0.05, 0) is 30.5 Å². The molecule has 1 atom stereocenters. The monoisotopic (exact) mass is 235 g/mol. The maximum atomic E-state index is 10.6. The highest BCUT2D eigenvalue weighted by atomic mass is 16.5. The van der Waals surface area contributed by atoms with Crippen molar-refractivity contribution < 1.29 is 14.6 Å². The van der Waals surface area contributed by atoms with E-state index in [1.807, 2.05) is 0 Å². The molecule has 3 N–H and O–H groups in total. The zero-order valence-electron chi connectivity index (χ0n) is 9.44. The third-order valence-electron chi connectivity index (χ3n) is 2.83. The summed E-state index contributed by atoms with van der Waals surface area (Å²) < 4.78 is 5.47. The van der Waals surface area contributed by atoms with E-state index in [1.54, 1.807) is 6.07 Å². The van der Waals surface area contributed by atoms with E-state index in [-0.39, 0.29) is 11.7 Å². The summed E-state index contributed by atoms with van der Waals surface area (Å²) >= 11 is 0. The Morgan fingerprint density at radius 2 is 2.41 bits per heavy atom. The van der Waals surface area contributed by atoms with Gasteiger partial charge in [-0.1, -0.05) is 6.07 Å². The molecule has 5 nitrogen and oxygen atoms in total. The highest BCUT2D eigenvalue weighted by Crippen LogP contribution is 2.21. The van der Waals surface area contributed by atoms with Crippen molar-refractivity contribution in [2.45, 2.75) is 18.9 Å². The van der Waals surface area contributed by atoms with Gasteiger partial charge in [-0.25, -0.2) is 0 Å². The Labute approximate surface area is 99.6 Å². The summed E-state index contributed by atoms with van der Waals surface area (Å²) in [7, 11) is 0. The Morgan fingerprint density at radius 1 is 1.59 bits per heavy atom. The molecule has 0 amide bonds. The number of carboxylic acids is 1. The van der Waals surface area contributed by atoms with Gasteiger partial charge in [0.05, 0.1) is 23.4 Å². The molecule has 0 spiro atoms. The molecular formula is C12H15N2O3-. The summed E-state index contributed by atoms with van der Waals surface area (Å²) in [6.45, 7) is 1.50. The molecular weight excluding hydrogens is 220 g/mol. The highest BCUT2D eigenvalue weighted by Gasteiger charge is 2.15. The van der Waals surface area contributed by atoms with Crippen LogP contribution in [0, 0.1) is 0 Å². The first kappa shape index (κ1) is 11.7. The first-order valence-electron chi connectivity index (χ1n) is 5.63. The lowest BCUT2D eigenvalue weighted by atomic mass is 10.1. The number of carboxylic acid groups (broad SMARTS) is 1. The number of rotatable bonds is 4. The number of ether oxygens (including phenoxy) is 1. The molecule has 0 radical (unpaired) electrons. The van der Waals surface area contributed by atoms with E-state index in [4.69, 9.17) is 10.5 Å². The average Bonchev–Trinajstić information content (AvgIpc) is 2.80. The Kier molecular flexibility index (Phi) is 3.49. The summed E-state index contributed by atoms with van der Waals surface area (Å²) in [5.41, 5.74) is 6.97. The van der Waals surface area contributed by atoms with Crippen LogP contribution in [0.2, 0.25) is 0 Å². The average molecular weight is 235 g/mol. The number of anilines is 2. The number of aromatic carboxylic acids is 1. The molecule has 1 saturated heterocycles. The third kappa shape index (κ3) is 2.88. The second-order valence-electron chi connectivity index (χ2n) is 4.11. The number of hydrogen-bond donors (Lipinski definition) is 2. The van der Waals surface area contributed by atoms with E-state index in [0.717, 1.165) is 25.1 Å². The van der Waals surface area contributed by atoms with Crippen LogP contribution < -0.4 is 16.2 Å². The zero-order chi connectivity index (χ0) is 12.3. The van der Waals surface area contributed by atoms with Gasteiger partial charge in [0.15, 0.2) is 0 Å². The van der Waals surface area contributed by atoms with Gasteiger partial charge in [-0.3, -0.25) is 0 Å². The summed E-state index contributed by atoms with van der Waals surface area (Å²) in [6.07, 6.45) is 2.35. The van der Waals surface area contributed by atoms with E-state index >= 15 is 0 Å². The Hall–Kier alpha value is -1.75. The van der Waals surface area contributed by atoms with Crippen LogP contribution in [-0.2, 0) is 4.74 Å². The Morgan fingerprint density at radius 3 is 3.00 bits per heavy atom. The molecule has 2 rings (SSSR count). The number of hydrogen-bond acceptors (Lipinski definition) is 5. The van der Waals surface area contributed by atoms with E-state index in [0.29, 0.717) is 12.2 Å². The van der Waals surface area contributed by atoms with Crippen LogP contribution in [0.4, 0.5) is 11.4 Å². The second kappa shape index (κ2) is 5.05. The van der Waals surface area contributed by atoms with Crippen LogP contribution in [0.1, 0.15) is 23.2 Å². The van der Waals surface area contributed by atoms with E-state index in [2.05, 4.69) is 5.32 Å². The summed E-state index contributed by atoms with van der Waals surface area (Å²) in [4.78, 5) is 10.6. The van der Waals surface area contributed by atoms with Crippen LogP contribution in [0.5, 0.6) is 0 Å². The molecule has 0 unspecified atom stereocenters. The van der Waals surface area contributed by atoms with Gasteiger partial charge in [0.2, 0.25) is 0 Å². The number of carbonyl (C=O) groups excluding carboxylic acids is 1. The first-order valence-corrected chi connectivity index (χ1v) is 5.63. The molecule has 0 aliphatic carbocycles. The number of nitrogen functional groups attached to an aromatic ring is 1. The molecule has 0 aromatic heterocycles. The third-order valence-corrected chi connectivity index (χ3v) is 2.83. The number of nitrogens with one attached hydrogen (secondary N) is 1. The predicted molar refractivity (Wildman–Crippen MR) is 62.6 cm³/mol. The van der Waals surface area contributed by atoms with Crippen LogP contribution >= 0.6 is 0 Å². The van der Waals surface area contributed by atoms with Crippen LogP contribution in [0.3, 0.4) is 0 Å². The van der Waals surface area contributed by atoms with Gasteiger partial charge < -0.3 is 25.7 Å². The lowest BCUT2D eigenvalue weighted by Gasteiger charge is -2.14. The van der Waals surface area contributed by atoms with Gasteiger partial charge in [-0.2, -0.15) is 0 Å². The molecule has 1 fully saturated rings. The van der Waals surface area contributed by atoms with E-state index < -0.39 is 5.97 Å². The van der Waals surface area contributed by atoms with Crippen molar-refractivity contribution in [3.63, 3.8) is 0 Å². The van der Waals surface area contributed by atoms with Crippen LogP contribution in [-0.4, -0.2) is 25.2 Å².